The lowest BCUT2D eigenvalue weighted by molar-refractivity contribution is -0.252. The van der Waals surface area contributed by atoms with Gasteiger partial charge in [-0.05, 0) is 20.8 Å². The summed E-state index contributed by atoms with van der Waals surface area (Å²) in [7, 11) is 0. The number of hydrogen-bond donors (Lipinski definition) is 5. The molecule has 0 radical (unpaired) electrons. The maximum atomic E-state index is 11.7. The van der Waals surface area contributed by atoms with Gasteiger partial charge in [0.1, 0.15) is 36.1 Å². The van der Waals surface area contributed by atoms with Crippen molar-refractivity contribution in [1.29, 1.82) is 0 Å². The Morgan fingerprint density at radius 3 is 2.20 bits per heavy atom. The van der Waals surface area contributed by atoms with Gasteiger partial charge in [-0.1, -0.05) is 0 Å². The van der Waals surface area contributed by atoms with E-state index in [1.54, 1.807) is 20.8 Å². The highest BCUT2D eigenvalue weighted by Crippen LogP contribution is 2.24. The quantitative estimate of drug-likeness (QED) is 0.361. The van der Waals surface area contributed by atoms with Crippen LogP contribution in [0.3, 0.4) is 0 Å². The van der Waals surface area contributed by atoms with Crippen LogP contribution in [0.4, 0.5) is 0 Å². The van der Waals surface area contributed by atoms with Crippen LogP contribution in [0.5, 0.6) is 0 Å². The van der Waals surface area contributed by atoms with Crippen LogP contribution in [0, 0.1) is 0 Å². The molecular formula is C12H22O8. The molecule has 1 aliphatic rings. The Balaban J connectivity index is 2.80. The summed E-state index contributed by atoms with van der Waals surface area (Å²) in [5, 5.41) is 47.8. The second-order valence-electron chi connectivity index (χ2n) is 5.77. The van der Waals surface area contributed by atoms with Crippen molar-refractivity contribution in [2.75, 3.05) is 6.61 Å². The van der Waals surface area contributed by atoms with E-state index in [0.717, 1.165) is 0 Å². The summed E-state index contributed by atoms with van der Waals surface area (Å²) < 4.78 is 10.0. The highest BCUT2D eigenvalue weighted by molar-refractivity contribution is 5.75. The highest BCUT2D eigenvalue weighted by Gasteiger charge is 2.48. The third-order valence-electron chi connectivity index (χ3n) is 2.89. The van der Waals surface area contributed by atoms with Gasteiger partial charge in [0.05, 0.1) is 6.61 Å². The number of esters is 1. The van der Waals surface area contributed by atoms with Crippen molar-refractivity contribution in [2.24, 2.45) is 0 Å². The summed E-state index contributed by atoms with van der Waals surface area (Å²) in [6.45, 7) is 4.17. The lowest BCUT2D eigenvalue weighted by atomic mass is 9.92. The van der Waals surface area contributed by atoms with Crippen molar-refractivity contribution in [3.63, 3.8) is 0 Å². The van der Waals surface area contributed by atoms with Crippen LogP contribution in [0.25, 0.3) is 0 Å². The van der Waals surface area contributed by atoms with Gasteiger partial charge in [0, 0.05) is 0 Å². The maximum absolute atomic E-state index is 11.7. The fraction of sp³-hybridized carbons (Fsp3) is 0.917. The van der Waals surface area contributed by atoms with Crippen molar-refractivity contribution in [1.82, 2.24) is 0 Å². The molecule has 1 saturated heterocycles. The van der Waals surface area contributed by atoms with Crippen LogP contribution >= 0.6 is 0 Å². The van der Waals surface area contributed by atoms with Crippen molar-refractivity contribution in [3.8, 4) is 0 Å². The van der Waals surface area contributed by atoms with E-state index in [9.17, 15) is 25.2 Å². The number of ether oxygens (including phenoxy) is 2. The molecule has 1 rings (SSSR count). The Morgan fingerprint density at radius 1 is 1.20 bits per heavy atom. The molecule has 6 atom stereocenters. The number of rotatable bonds is 3. The topological polar surface area (TPSA) is 137 Å². The molecule has 0 saturated carbocycles. The average Bonchev–Trinajstić information content (AvgIpc) is 2.33. The summed E-state index contributed by atoms with van der Waals surface area (Å²) in [4.78, 5) is 11.7. The fourth-order valence-electron chi connectivity index (χ4n) is 1.89. The van der Waals surface area contributed by atoms with Gasteiger partial charge in [-0.2, -0.15) is 0 Å². The third-order valence-corrected chi connectivity index (χ3v) is 2.89. The van der Waals surface area contributed by atoms with E-state index in [1.807, 2.05) is 0 Å². The maximum Gasteiger partial charge on any atom is 0.338 e. The summed E-state index contributed by atoms with van der Waals surface area (Å²) in [5.74, 6) is -1.03. The van der Waals surface area contributed by atoms with Gasteiger partial charge in [0.25, 0.3) is 0 Å². The standard InChI is InChI=1S/C12H22O8/c1-12(2,3)20-11(18)9(17)10-8(16)7(15)6(14)5(4-13)19-10/h5-10,13-17H,4H2,1-3H3/t5-,6-,7+,8-,9-,10-/m1/s1. The Morgan fingerprint density at radius 2 is 1.75 bits per heavy atom. The first-order valence-electron chi connectivity index (χ1n) is 6.30. The van der Waals surface area contributed by atoms with Crippen LogP contribution in [-0.2, 0) is 14.3 Å². The third kappa shape index (κ3) is 3.87. The zero-order valence-corrected chi connectivity index (χ0v) is 11.6. The summed E-state index contributed by atoms with van der Waals surface area (Å²) in [5.41, 5.74) is -0.841. The van der Waals surface area contributed by atoms with Crippen LogP contribution in [0.15, 0.2) is 0 Å². The Hall–Kier alpha value is -0.770. The van der Waals surface area contributed by atoms with Crippen LogP contribution in [-0.4, -0.2) is 80.3 Å². The summed E-state index contributed by atoms with van der Waals surface area (Å²) in [6, 6.07) is 0. The smallest absolute Gasteiger partial charge is 0.338 e. The number of aliphatic hydroxyl groups is 5. The second-order valence-corrected chi connectivity index (χ2v) is 5.77. The highest BCUT2D eigenvalue weighted by atomic mass is 16.6. The predicted molar refractivity (Wildman–Crippen MR) is 65.6 cm³/mol. The van der Waals surface area contributed by atoms with Gasteiger partial charge < -0.3 is 35.0 Å². The van der Waals surface area contributed by atoms with Gasteiger partial charge in [0.15, 0.2) is 6.10 Å². The molecule has 118 valence electrons. The van der Waals surface area contributed by atoms with Crippen molar-refractivity contribution >= 4 is 5.97 Å². The molecule has 0 aliphatic carbocycles. The molecule has 0 spiro atoms. The molecule has 5 N–H and O–H groups in total. The average molecular weight is 294 g/mol. The zero-order chi connectivity index (χ0) is 15.7. The lowest BCUT2D eigenvalue weighted by Gasteiger charge is -2.41. The monoisotopic (exact) mass is 294 g/mol. The van der Waals surface area contributed by atoms with Crippen molar-refractivity contribution in [3.05, 3.63) is 0 Å². The van der Waals surface area contributed by atoms with E-state index < -0.39 is 54.8 Å². The molecule has 0 bridgehead atoms. The number of hydrogen-bond acceptors (Lipinski definition) is 8. The first kappa shape index (κ1) is 17.3. The zero-order valence-electron chi connectivity index (χ0n) is 11.6. The minimum Gasteiger partial charge on any atom is -0.458 e. The number of carbonyl (C=O) groups excluding carboxylic acids is 1. The molecule has 0 aromatic rings. The summed E-state index contributed by atoms with van der Waals surface area (Å²) in [6.07, 6.45) is -9.41. The Kier molecular flexibility index (Phi) is 5.47. The van der Waals surface area contributed by atoms with Crippen molar-refractivity contribution in [2.45, 2.75) is 63.0 Å². The lowest BCUT2D eigenvalue weighted by Crippen LogP contribution is -2.62. The molecule has 8 heteroatoms. The predicted octanol–water partition coefficient (Wildman–Crippen LogP) is -2.47. The second kappa shape index (κ2) is 6.33. The van der Waals surface area contributed by atoms with Gasteiger partial charge in [-0.25, -0.2) is 4.79 Å². The van der Waals surface area contributed by atoms with Crippen LogP contribution in [0.1, 0.15) is 20.8 Å². The molecule has 1 heterocycles. The van der Waals surface area contributed by atoms with Crippen molar-refractivity contribution < 1.29 is 39.8 Å². The normalized spacial score (nSPS) is 36.5. The first-order chi connectivity index (χ1) is 9.08. The van der Waals surface area contributed by atoms with E-state index in [1.165, 1.54) is 0 Å². The summed E-state index contributed by atoms with van der Waals surface area (Å²) >= 11 is 0. The first-order valence-corrected chi connectivity index (χ1v) is 6.30. The van der Waals surface area contributed by atoms with Gasteiger partial charge in [-0.3, -0.25) is 0 Å². The molecule has 8 nitrogen and oxygen atoms in total. The van der Waals surface area contributed by atoms with Gasteiger partial charge >= 0.3 is 5.97 Å². The van der Waals surface area contributed by atoms with Gasteiger partial charge in [-0.15, -0.1) is 0 Å². The largest absolute Gasteiger partial charge is 0.458 e. The van der Waals surface area contributed by atoms with E-state index in [0.29, 0.717) is 0 Å². The van der Waals surface area contributed by atoms with Crippen LogP contribution < -0.4 is 0 Å². The molecule has 0 aromatic carbocycles. The van der Waals surface area contributed by atoms with E-state index >= 15 is 0 Å². The number of carbonyl (C=O) groups is 1. The molecule has 1 aliphatic heterocycles. The fourth-order valence-corrected chi connectivity index (χ4v) is 1.89. The molecule has 0 aromatic heterocycles. The molecule has 0 unspecified atom stereocenters. The number of aliphatic hydroxyl groups excluding tert-OH is 5. The minimum atomic E-state index is -1.85. The molecule has 0 amide bonds. The van der Waals surface area contributed by atoms with Crippen LogP contribution in [0.2, 0.25) is 0 Å². The molecular weight excluding hydrogens is 272 g/mol. The van der Waals surface area contributed by atoms with Gasteiger partial charge in [0.2, 0.25) is 0 Å². The van der Waals surface area contributed by atoms with E-state index in [2.05, 4.69) is 0 Å². The molecule has 1 fully saturated rings. The minimum absolute atomic E-state index is 0.636. The SMILES string of the molecule is CC(C)(C)OC(=O)[C@H](O)[C@@H]1O[C@H](CO)[C@@H](O)[C@H](O)[C@H]1O. The van der Waals surface area contributed by atoms with E-state index in [4.69, 9.17) is 14.6 Å². The van der Waals surface area contributed by atoms with E-state index in [-0.39, 0.29) is 0 Å². The Bertz CT molecular complexity index is 337. The molecule has 20 heavy (non-hydrogen) atoms. The Labute approximate surface area is 116 Å².